The molecule has 0 unspecified atom stereocenters. The Morgan fingerprint density at radius 2 is 2.09 bits per heavy atom. The number of carbonyl (C=O) groups excluding carboxylic acids is 1. The number of likely N-dealkylation sites (tertiary alicyclic amines) is 1. The molecule has 4 heterocycles. The molecule has 2 N–H and O–H groups in total. The molecule has 1 saturated heterocycles. The van der Waals surface area contributed by atoms with Gasteiger partial charge in [-0.1, -0.05) is 0 Å². The summed E-state index contributed by atoms with van der Waals surface area (Å²) in [4.78, 5) is 18.1. The van der Waals surface area contributed by atoms with Crippen LogP contribution in [0.4, 0.5) is 5.82 Å². The van der Waals surface area contributed by atoms with Crippen LogP contribution in [-0.2, 0) is 11.3 Å². The zero-order valence-corrected chi connectivity index (χ0v) is 18.8. The van der Waals surface area contributed by atoms with E-state index in [0.717, 1.165) is 52.7 Å². The van der Waals surface area contributed by atoms with Gasteiger partial charge in [-0.25, -0.2) is 4.98 Å². The van der Waals surface area contributed by atoms with Gasteiger partial charge in [-0.15, -0.1) is 0 Å². The normalized spacial score (nSPS) is 17.2. The molecule has 0 radical (unpaired) electrons. The number of aromatic amines is 1. The topological polar surface area (TPSA) is 102 Å². The molecule has 3 aromatic rings. The summed E-state index contributed by atoms with van der Waals surface area (Å²) in [6, 6.07) is 7.79. The third kappa shape index (κ3) is 4.30. The number of nitrogens with zero attached hydrogens (tertiary/aromatic N) is 3. The number of pyridine rings is 1. The highest BCUT2D eigenvalue weighted by Gasteiger charge is 2.28. The Bertz CT molecular complexity index is 1160. The lowest BCUT2D eigenvalue weighted by Gasteiger charge is -2.21. The van der Waals surface area contributed by atoms with Crippen LogP contribution in [0.25, 0.3) is 11.1 Å². The number of aromatic nitrogens is 3. The van der Waals surface area contributed by atoms with Gasteiger partial charge in [-0.05, 0) is 30.2 Å². The largest absolute Gasteiger partial charge is 0.496 e. The lowest BCUT2D eigenvalue weighted by Crippen LogP contribution is -2.25. The minimum Gasteiger partial charge on any atom is -0.496 e. The number of nitrogens with one attached hydrogen (secondary N) is 2. The van der Waals surface area contributed by atoms with Crippen LogP contribution in [0.2, 0.25) is 0 Å². The van der Waals surface area contributed by atoms with E-state index in [2.05, 4.69) is 20.5 Å². The zero-order valence-electron chi connectivity index (χ0n) is 18.8. The molecule has 1 fully saturated rings. The van der Waals surface area contributed by atoms with Crippen molar-refractivity contribution in [3.05, 3.63) is 47.9 Å². The second-order valence-corrected chi connectivity index (χ2v) is 8.24. The third-order valence-corrected chi connectivity index (χ3v) is 6.19. The van der Waals surface area contributed by atoms with Gasteiger partial charge in [0.1, 0.15) is 24.8 Å². The van der Waals surface area contributed by atoms with Crippen LogP contribution >= 0.6 is 0 Å². The molecule has 0 aliphatic carbocycles. The van der Waals surface area contributed by atoms with E-state index in [1.165, 1.54) is 0 Å². The van der Waals surface area contributed by atoms with E-state index in [1.54, 1.807) is 20.2 Å². The van der Waals surface area contributed by atoms with Crippen molar-refractivity contribution in [2.75, 3.05) is 38.7 Å². The average Bonchev–Trinajstić information content (AvgIpc) is 3.52. The highest BCUT2D eigenvalue weighted by Crippen LogP contribution is 2.37. The van der Waals surface area contributed by atoms with E-state index in [-0.39, 0.29) is 11.8 Å². The molecule has 1 amide bonds. The molecule has 9 nitrogen and oxygen atoms in total. The number of anilines is 1. The maximum Gasteiger partial charge on any atom is 0.219 e. The number of hydrogen-bond acceptors (Lipinski definition) is 7. The van der Waals surface area contributed by atoms with E-state index < -0.39 is 0 Å². The predicted molar refractivity (Wildman–Crippen MR) is 123 cm³/mol. The molecule has 2 aromatic heterocycles. The second-order valence-electron chi connectivity index (χ2n) is 8.24. The fourth-order valence-corrected chi connectivity index (χ4v) is 4.44. The molecule has 1 atom stereocenters. The number of H-pyrrole nitrogens is 1. The van der Waals surface area contributed by atoms with Gasteiger partial charge < -0.3 is 24.4 Å². The smallest absolute Gasteiger partial charge is 0.219 e. The lowest BCUT2D eigenvalue weighted by atomic mass is 9.97. The van der Waals surface area contributed by atoms with Gasteiger partial charge in [0.15, 0.2) is 11.5 Å². The van der Waals surface area contributed by atoms with Crippen LogP contribution in [0.1, 0.15) is 30.5 Å². The number of ether oxygens (including phenoxy) is 3. The third-order valence-electron chi connectivity index (χ3n) is 6.19. The fraction of sp³-hybridized carbons (Fsp3) is 0.375. The monoisotopic (exact) mass is 449 g/mol. The van der Waals surface area contributed by atoms with Crippen LogP contribution in [-0.4, -0.2) is 59.4 Å². The van der Waals surface area contributed by atoms with E-state index in [4.69, 9.17) is 14.2 Å². The quantitative estimate of drug-likeness (QED) is 0.596. The molecular weight excluding hydrogens is 422 g/mol. The number of methoxy groups -OCH3 is 1. The first-order valence-corrected chi connectivity index (χ1v) is 11.1. The second kappa shape index (κ2) is 9.01. The highest BCUT2D eigenvalue weighted by atomic mass is 16.6. The molecule has 0 saturated carbocycles. The van der Waals surface area contributed by atoms with Gasteiger partial charge in [0.25, 0.3) is 0 Å². The zero-order chi connectivity index (χ0) is 22.8. The minimum atomic E-state index is 0.114. The predicted octanol–water partition coefficient (Wildman–Crippen LogP) is 3.20. The van der Waals surface area contributed by atoms with Gasteiger partial charge in [0, 0.05) is 61.6 Å². The summed E-state index contributed by atoms with van der Waals surface area (Å²) in [6.45, 7) is 4.70. The molecule has 172 valence electrons. The Balaban J connectivity index is 1.33. The molecule has 9 heteroatoms. The SMILES string of the molecule is COc1cc2c(cc1CNc1cc(-c3cn[nH]c3[C@@H]3CCN(C(C)=O)C3)ccn1)OCCO2. The van der Waals surface area contributed by atoms with Crippen molar-refractivity contribution in [2.45, 2.75) is 25.8 Å². The van der Waals surface area contributed by atoms with Gasteiger partial charge >= 0.3 is 0 Å². The van der Waals surface area contributed by atoms with Crippen molar-refractivity contribution in [1.82, 2.24) is 20.1 Å². The van der Waals surface area contributed by atoms with E-state index >= 15 is 0 Å². The van der Waals surface area contributed by atoms with Crippen LogP contribution in [0.3, 0.4) is 0 Å². The average molecular weight is 450 g/mol. The van der Waals surface area contributed by atoms with Crippen LogP contribution < -0.4 is 19.5 Å². The van der Waals surface area contributed by atoms with Gasteiger partial charge in [0.2, 0.25) is 5.91 Å². The van der Waals surface area contributed by atoms with Crippen molar-refractivity contribution >= 4 is 11.7 Å². The van der Waals surface area contributed by atoms with E-state index in [9.17, 15) is 4.79 Å². The molecule has 33 heavy (non-hydrogen) atoms. The Labute approximate surface area is 192 Å². The number of hydrogen-bond donors (Lipinski definition) is 2. The summed E-state index contributed by atoms with van der Waals surface area (Å²) in [7, 11) is 1.64. The van der Waals surface area contributed by atoms with Crippen LogP contribution in [0, 0.1) is 0 Å². The first-order valence-electron chi connectivity index (χ1n) is 11.1. The Morgan fingerprint density at radius 3 is 2.85 bits per heavy atom. The molecule has 1 aromatic carbocycles. The molecule has 5 rings (SSSR count). The summed E-state index contributed by atoms with van der Waals surface area (Å²) in [5, 5.41) is 10.8. The fourth-order valence-electron chi connectivity index (χ4n) is 4.44. The Kier molecular flexibility index (Phi) is 5.77. The standard InChI is InChI=1S/C24H27N5O4/c1-15(30)29-6-4-17(14-29)24-19(13-27-28-24)16-3-5-25-23(10-16)26-12-18-9-21-22(11-20(18)31-2)33-8-7-32-21/h3,5,9-11,13,17H,4,6-8,12,14H2,1-2H3,(H,25,26)(H,27,28)/t17-/m1/s1. The van der Waals surface area contributed by atoms with Gasteiger partial charge in [-0.3, -0.25) is 9.89 Å². The van der Waals surface area contributed by atoms with Gasteiger partial charge in [0.05, 0.1) is 13.3 Å². The summed E-state index contributed by atoms with van der Waals surface area (Å²) < 4.78 is 16.9. The van der Waals surface area contributed by atoms with Crippen molar-refractivity contribution in [3.8, 4) is 28.4 Å². The first-order chi connectivity index (χ1) is 16.1. The molecule has 0 spiro atoms. The number of benzene rings is 1. The number of carbonyl (C=O) groups is 1. The van der Waals surface area contributed by atoms with Crippen molar-refractivity contribution in [1.29, 1.82) is 0 Å². The first kappa shape index (κ1) is 21.1. The van der Waals surface area contributed by atoms with Crippen molar-refractivity contribution in [3.63, 3.8) is 0 Å². The maximum absolute atomic E-state index is 11.7. The Hall–Kier alpha value is -3.75. The number of fused-ring (bicyclic) bond motifs is 1. The number of rotatable bonds is 6. The summed E-state index contributed by atoms with van der Waals surface area (Å²) in [5.74, 6) is 3.26. The number of amides is 1. The molecule has 2 aliphatic rings. The molecule has 0 bridgehead atoms. The maximum atomic E-state index is 11.7. The summed E-state index contributed by atoms with van der Waals surface area (Å²) in [6.07, 6.45) is 4.55. The Morgan fingerprint density at radius 1 is 1.27 bits per heavy atom. The van der Waals surface area contributed by atoms with Crippen LogP contribution in [0.15, 0.2) is 36.7 Å². The highest BCUT2D eigenvalue weighted by molar-refractivity contribution is 5.74. The van der Waals surface area contributed by atoms with E-state index in [1.807, 2.05) is 35.4 Å². The van der Waals surface area contributed by atoms with Gasteiger partial charge in [-0.2, -0.15) is 5.10 Å². The van der Waals surface area contributed by atoms with Crippen molar-refractivity contribution < 1.29 is 19.0 Å². The van der Waals surface area contributed by atoms with Crippen molar-refractivity contribution in [2.24, 2.45) is 0 Å². The molecular formula is C24H27N5O4. The lowest BCUT2D eigenvalue weighted by molar-refractivity contribution is -0.127. The van der Waals surface area contributed by atoms with Crippen LogP contribution in [0.5, 0.6) is 17.2 Å². The summed E-state index contributed by atoms with van der Waals surface area (Å²) in [5.41, 5.74) is 4.07. The van der Waals surface area contributed by atoms with E-state index in [0.29, 0.717) is 32.1 Å². The summed E-state index contributed by atoms with van der Waals surface area (Å²) >= 11 is 0. The molecule has 2 aliphatic heterocycles. The minimum absolute atomic E-state index is 0.114.